The quantitative estimate of drug-likeness (QED) is 0.0264. The zero-order valence-electron chi connectivity index (χ0n) is 49.7. The smallest absolute Gasteiger partial charge is 0.462 e. The second-order valence-electron chi connectivity index (χ2n) is 21.6. The van der Waals surface area contributed by atoms with Gasteiger partial charge in [-0.05, 0) is 57.8 Å². The highest BCUT2D eigenvalue weighted by atomic mass is 31.2. The van der Waals surface area contributed by atoms with Gasteiger partial charge < -0.3 is 20.1 Å². The molecule has 2 atom stereocenters. The first-order chi connectivity index (χ1) is 37.3. The molecular weight excluding hydrogens is 966 g/mol. The summed E-state index contributed by atoms with van der Waals surface area (Å²) < 4.78 is 33.1. The minimum absolute atomic E-state index is 0.0541. The topological polar surface area (TPSA) is 134 Å². The van der Waals surface area contributed by atoms with Gasteiger partial charge >= 0.3 is 19.8 Å². The van der Waals surface area contributed by atoms with E-state index in [0.717, 1.165) is 70.6 Å². The lowest BCUT2D eigenvalue weighted by atomic mass is 10.0. The van der Waals surface area contributed by atoms with E-state index in [2.05, 4.69) is 74.6 Å². The molecule has 0 aromatic heterocycles. The highest BCUT2D eigenvalue weighted by molar-refractivity contribution is 7.47. The average Bonchev–Trinajstić information content (AvgIpc) is 3.41. The van der Waals surface area contributed by atoms with Gasteiger partial charge in [0.2, 0.25) is 0 Å². The molecule has 3 N–H and O–H groups in total. The first-order valence-electron chi connectivity index (χ1n) is 32.3. The molecule has 2 unspecified atom stereocenters. The number of nitrogens with two attached hydrogens (primary N) is 1. The number of ether oxygens (including phenoxy) is 2. The van der Waals surface area contributed by atoms with E-state index in [1.165, 1.54) is 212 Å². The van der Waals surface area contributed by atoms with Crippen molar-refractivity contribution in [2.45, 2.75) is 322 Å². The Labute approximate surface area is 469 Å². The van der Waals surface area contributed by atoms with Gasteiger partial charge in [0.15, 0.2) is 6.10 Å². The molecule has 0 bridgehead atoms. The van der Waals surface area contributed by atoms with E-state index >= 15 is 0 Å². The van der Waals surface area contributed by atoms with Crippen LogP contribution in [0, 0.1) is 0 Å². The molecule has 0 rings (SSSR count). The van der Waals surface area contributed by atoms with Gasteiger partial charge in [-0.2, -0.15) is 0 Å². The molecular formula is C66H122NO8P. The van der Waals surface area contributed by atoms with Crippen LogP contribution in [0.2, 0.25) is 0 Å². The number of carbonyl (C=O) groups excluding carboxylic acids is 2. The highest BCUT2D eigenvalue weighted by Gasteiger charge is 2.26. The first kappa shape index (κ1) is 73.7. The van der Waals surface area contributed by atoms with Crippen molar-refractivity contribution in [1.29, 1.82) is 0 Å². The van der Waals surface area contributed by atoms with Crippen LogP contribution in [-0.4, -0.2) is 49.3 Å². The molecule has 0 aliphatic rings. The zero-order valence-corrected chi connectivity index (χ0v) is 50.6. The van der Waals surface area contributed by atoms with Crippen LogP contribution in [0.5, 0.6) is 0 Å². The zero-order chi connectivity index (χ0) is 55.2. The maximum absolute atomic E-state index is 12.7. The summed E-state index contributed by atoms with van der Waals surface area (Å²) in [7, 11) is -4.39. The summed E-state index contributed by atoms with van der Waals surface area (Å²) in [6.07, 6.45) is 78.7. The standard InChI is InChI=1S/C66H122NO8P/c1-3-5-7-9-11-13-15-17-19-21-23-25-27-29-30-31-32-33-34-35-37-39-41-43-45-47-49-51-53-55-57-59-66(69)75-64(63-74-76(70,71)73-61-60-67)62-72-65(68)58-56-54-52-50-48-46-44-42-40-38-36-28-26-24-22-20-18-16-14-12-10-8-6-4-2/h5,7,11,13,17,19,23,25,29-30,64H,3-4,6,8-10,12,14-16,18,20-22,24,26-28,31-63,67H2,1-2H3,(H,70,71)/b7-5-,13-11-,19-17-,25-23-,30-29-. The number of hydrogen-bond acceptors (Lipinski definition) is 8. The van der Waals surface area contributed by atoms with Crippen molar-refractivity contribution < 1.29 is 37.6 Å². The van der Waals surface area contributed by atoms with Gasteiger partial charge in [0, 0.05) is 19.4 Å². The van der Waals surface area contributed by atoms with Crippen molar-refractivity contribution in [3.05, 3.63) is 60.8 Å². The Bertz CT molecular complexity index is 1430. The first-order valence-corrected chi connectivity index (χ1v) is 33.8. The molecule has 10 heteroatoms. The fraction of sp³-hybridized carbons (Fsp3) is 0.818. The highest BCUT2D eigenvalue weighted by Crippen LogP contribution is 2.43. The number of rotatable bonds is 61. The fourth-order valence-corrected chi connectivity index (χ4v) is 10.2. The molecule has 0 aromatic carbocycles. The molecule has 0 saturated carbocycles. The third kappa shape index (κ3) is 60.9. The van der Waals surface area contributed by atoms with E-state index in [4.69, 9.17) is 24.3 Å². The molecule has 76 heavy (non-hydrogen) atoms. The van der Waals surface area contributed by atoms with Gasteiger partial charge in [-0.1, -0.05) is 306 Å². The molecule has 0 aliphatic carbocycles. The van der Waals surface area contributed by atoms with Gasteiger partial charge in [0.1, 0.15) is 6.61 Å². The van der Waals surface area contributed by atoms with E-state index in [-0.39, 0.29) is 38.6 Å². The molecule has 0 aromatic rings. The number of carbonyl (C=O) groups is 2. The summed E-state index contributed by atoms with van der Waals surface area (Å²) in [4.78, 5) is 35.3. The Morgan fingerprint density at radius 3 is 1.08 bits per heavy atom. The second-order valence-corrected chi connectivity index (χ2v) is 23.1. The lowest BCUT2D eigenvalue weighted by Crippen LogP contribution is -2.29. The van der Waals surface area contributed by atoms with E-state index in [9.17, 15) is 19.0 Å². The number of esters is 2. The molecule has 444 valence electrons. The molecule has 0 radical (unpaired) electrons. The van der Waals surface area contributed by atoms with Gasteiger partial charge in [-0.25, -0.2) is 4.57 Å². The van der Waals surface area contributed by atoms with E-state index in [1.807, 2.05) is 0 Å². The third-order valence-corrected chi connectivity index (χ3v) is 15.2. The van der Waals surface area contributed by atoms with Gasteiger partial charge in [-0.15, -0.1) is 0 Å². The predicted molar refractivity (Wildman–Crippen MR) is 326 cm³/mol. The van der Waals surface area contributed by atoms with E-state index in [0.29, 0.717) is 6.42 Å². The average molecular weight is 1090 g/mol. The Balaban J connectivity index is 3.89. The lowest BCUT2D eigenvalue weighted by molar-refractivity contribution is -0.161. The summed E-state index contributed by atoms with van der Waals surface area (Å²) in [5.41, 5.74) is 5.39. The minimum atomic E-state index is -4.39. The van der Waals surface area contributed by atoms with Crippen LogP contribution < -0.4 is 5.73 Å². The molecule has 0 heterocycles. The maximum Gasteiger partial charge on any atom is 0.472 e. The molecule has 9 nitrogen and oxygen atoms in total. The monoisotopic (exact) mass is 1090 g/mol. The minimum Gasteiger partial charge on any atom is -0.462 e. The Kier molecular flexibility index (Phi) is 60.0. The van der Waals surface area contributed by atoms with Crippen LogP contribution in [-0.2, 0) is 32.7 Å². The number of allylic oxidation sites excluding steroid dienone is 10. The van der Waals surface area contributed by atoms with Crippen molar-refractivity contribution in [2.75, 3.05) is 26.4 Å². The van der Waals surface area contributed by atoms with Crippen molar-refractivity contribution in [2.24, 2.45) is 5.73 Å². The van der Waals surface area contributed by atoms with Gasteiger partial charge in [0.25, 0.3) is 0 Å². The Morgan fingerprint density at radius 2 is 0.724 bits per heavy atom. The Morgan fingerprint density at radius 1 is 0.408 bits per heavy atom. The number of phosphoric acid groups is 1. The summed E-state index contributed by atoms with van der Waals surface area (Å²) >= 11 is 0. The number of phosphoric ester groups is 1. The largest absolute Gasteiger partial charge is 0.472 e. The fourth-order valence-electron chi connectivity index (χ4n) is 9.43. The third-order valence-electron chi connectivity index (χ3n) is 14.2. The molecule has 0 spiro atoms. The maximum atomic E-state index is 12.7. The second kappa shape index (κ2) is 61.9. The van der Waals surface area contributed by atoms with E-state index in [1.54, 1.807) is 0 Å². The van der Waals surface area contributed by atoms with Crippen LogP contribution in [0.4, 0.5) is 0 Å². The summed E-state index contributed by atoms with van der Waals surface area (Å²) in [5.74, 6) is -0.812. The normalized spacial score (nSPS) is 13.4. The van der Waals surface area contributed by atoms with Crippen LogP contribution in [0.25, 0.3) is 0 Å². The van der Waals surface area contributed by atoms with Gasteiger partial charge in [-0.3, -0.25) is 18.6 Å². The Hall–Kier alpha value is -2.29. The summed E-state index contributed by atoms with van der Waals surface area (Å²) in [6.45, 7) is 3.69. The van der Waals surface area contributed by atoms with Crippen molar-refractivity contribution >= 4 is 19.8 Å². The van der Waals surface area contributed by atoms with Crippen LogP contribution in [0.3, 0.4) is 0 Å². The molecule has 0 amide bonds. The molecule has 0 fully saturated rings. The van der Waals surface area contributed by atoms with Crippen LogP contribution in [0.15, 0.2) is 60.8 Å². The lowest BCUT2D eigenvalue weighted by Gasteiger charge is -2.19. The van der Waals surface area contributed by atoms with Crippen LogP contribution >= 0.6 is 7.82 Å². The predicted octanol–water partition coefficient (Wildman–Crippen LogP) is 20.7. The summed E-state index contributed by atoms with van der Waals surface area (Å²) in [5, 5.41) is 0. The van der Waals surface area contributed by atoms with Gasteiger partial charge in [0.05, 0.1) is 13.2 Å². The molecule has 0 saturated heterocycles. The SMILES string of the molecule is CC/C=C\C/C=C\C/C=C\C/C=C\C/C=C\CCCCCCCCCCCCCCCCCC(=O)OC(COC(=O)CCCCCCCCCCCCCCCCCCCCCCCCCC)COP(=O)(O)OCCN. The van der Waals surface area contributed by atoms with E-state index < -0.39 is 26.5 Å². The van der Waals surface area contributed by atoms with Crippen molar-refractivity contribution in [3.63, 3.8) is 0 Å². The van der Waals surface area contributed by atoms with Crippen molar-refractivity contribution in [3.8, 4) is 0 Å². The molecule has 0 aliphatic heterocycles. The number of hydrogen-bond donors (Lipinski definition) is 2. The van der Waals surface area contributed by atoms with Crippen LogP contribution in [0.1, 0.15) is 316 Å². The van der Waals surface area contributed by atoms with Crippen molar-refractivity contribution in [1.82, 2.24) is 0 Å². The number of unbranched alkanes of at least 4 members (excludes halogenated alkanes) is 38. The summed E-state index contributed by atoms with van der Waals surface area (Å²) in [6, 6.07) is 0.